The average Bonchev–Trinajstić information content (AvgIpc) is 2.89. The highest BCUT2D eigenvalue weighted by Gasteiger charge is 2.32. The molecule has 1 aliphatic heterocycles. The standard InChI is InChI=1S/C18H24N6O.C6H14.2C2H6.H2/c1-3-16(25)24-9-8-23(11-13(24)6-7-19)17-14-5-4-12(2)10-15(14)21-18(20)22-17;1-3-5-6-4-2;2*1-2;/h3,12-13H,1,4-6,8-11H2,2H3,(H2,20,21,22);3-6H2,1-2H3;2*1-2H3;1H/t12?,13-;;;;/m0..../s1. The van der Waals surface area contributed by atoms with Crippen LogP contribution in [0.1, 0.15) is 99.7 Å². The van der Waals surface area contributed by atoms with Gasteiger partial charge in [0.2, 0.25) is 11.9 Å². The zero-order valence-electron chi connectivity index (χ0n) is 23.4. The number of nitrogens with two attached hydrogens (primary N) is 1. The fourth-order valence-electron chi connectivity index (χ4n) is 4.28. The molecule has 7 heteroatoms. The number of nitriles is 1. The van der Waals surface area contributed by atoms with Crippen molar-refractivity contribution in [3.8, 4) is 6.07 Å². The molecule has 1 saturated heterocycles. The minimum absolute atomic E-state index is 0. The molecule has 1 fully saturated rings. The number of rotatable bonds is 6. The molecule has 2 atom stereocenters. The summed E-state index contributed by atoms with van der Waals surface area (Å²) in [6, 6.07) is 2.02. The van der Waals surface area contributed by atoms with Gasteiger partial charge in [-0.3, -0.25) is 4.79 Å². The van der Waals surface area contributed by atoms with Gasteiger partial charge in [0, 0.05) is 26.6 Å². The fourth-order valence-corrected chi connectivity index (χ4v) is 4.28. The minimum atomic E-state index is -0.168. The number of amides is 1. The second-order valence-electron chi connectivity index (χ2n) is 8.58. The second kappa shape index (κ2) is 18.7. The molecule has 35 heavy (non-hydrogen) atoms. The maximum absolute atomic E-state index is 12.1. The van der Waals surface area contributed by atoms with Crippen LogP contribution in [0.25, 0.3) is 0 Å². The lowest BCUT2D eigenvalue weighted by Crippen LogP contribution is -2.55. The minimum Gasteiger partial charge on any atom is -0.368 e. The van der Waals surface area contributed by atoms with Crippen molar-refractivity contribution >= 4 is 17.7 Å². The third-order valence-electron chi connectivity index (χ3n) is 6.04. The van der Waals surface area contributed by atoms with Crippen molar-refractivity contribution in [2.75, 3.05) is 30.3 Å². The molecule has 2 N–H and O–H groups in total. The second-order valence-corrected chi connectivity index (χ2v) is 8.58. The molecular weight excluding hydrogens is 436 g/mol. The molecule has 0 bridgehead atoms. The van der Waals surface area contributed by atoms with E-state index < -0.39 is 0 Å². The average molecular weight is 489 g/mol. The van der Waals surface area contributed by atoms with Gasteiger partial charge in [-0.05, 0) is 31.3 Å². The first-order chi connectivity index (χ1) is 16.9. The number of piperazine rings is 1. The van der Waals surface area contributed by atoms with Gasteiger partial charge < -0.3 is 15.5 Å². The van der Waals surface area contributed by atoms with Crippen LogP contribution >= 0.6 is 0 Å². The predicted octanol–water partition coefficient (Wildman–Crippen LogP) is 6.19. The predicted molar refractivity (Wildman–Crippen MR) is 150 cm³/mol. The Balaban J connectivity index is 0. The molecule has 2 heterocycles. The van der Waals surface area contributed by atoms with E-state index in [2.05, 4.69) is 48.3 Å². The van der Waals surface area contributed by atoms with Crippen LogP contribution in [0.2, 0.25) is 0 Å². The molecule has 200 valence electrons. The summed E-state index contributed by atoms with van der Waals surface area (Å²) in [5, 5.41) is 9.13. The molecule has 1 aromatic rings. The Labute approximate surface area is 216 Å². The Morgan fingerprint density at radius 1 is 1.20 bits per heavy atom. The lowest BCUT2D eigenvalue weighted by Gasteiger charge is -2.41. The summed E-state index contributed by atoms with van der Waals surface area (Å²) in [5.74, 6) is 1.65. The molecule has 2 aliphatic rings. The molecule has 1 amide bonds. The number of carbonyl (C=O) groups excluding carboxylic acids is 1. The van der Waals surface area contributed by atoms with Gasteiger partial charge in [0.05, 0.1) is 24.2 Å². The summed E-state index contributed by atoms with van der Waals surface area (Å²) in [4.78, 5) is 24.9. The third kappa shape index (κ3) is 10.3. The highest BCUT2D eigenvalue weighted by molar-refractivity contribution is 5.87. The number of fused-ring (bicyclic) bond motifs is 1. The first kappa shape index (κ1) is 32.4. The number of hydrogen-bond acceptors (Lipinski definition) is 6. The van der Waals surface area contributed by atoms with Crippen molar-refractivity contribution in [1.29, 1.82) is 5.26 Å². The van der Waals surface area contributed by atoms with Gasteiger partial charge in [0.25, 0.3) is 0 Å². The van der Waals surface area contributed by atoms with Crippen molar-refractivity contribution in [2.45, 2.75) is 106 Å². The van der Waals surface area contributed by atoms with Gasteiger partial charge in [-0.25, -0.2) is 4.98 Å². The molecular formula is C28H52N6O. The van der Waals surface area contributed by atoms with Crippen LogP contribution in [0, 0.1) is 17.2 Å². The first-order valence-corrected chi connectivity index (χ1v) is 13.6. The van der Waals surface area contributed by atoms with E-state index in [1.807, 2.05) is 27.7 Å². The van der Waals surface area contributed by atoms with Gasteiger partial charge in [0.1, 0.15) is 5.82 Å². The van der Waals surface area contributed by atoms with Crippen molar-refractivity contribution in [1.82, 2.24) is 14.9 Å². The van der Waals surface area contributed by atoms with Crippen molar-refractivity contribution in [3.63, 3.8) is 0 Å². The summed E-state index contributed by atoms with van der Waals surface area (Å²) in [6.07, 6.45) is 10.1. The largest absolute Gasteiger partial charge is 0.368 e. The molecule has 7 nitrogen and oxygen atoms in total. The van der Waals surface area contributed by atoms with Crippen LogP contribution in [0.15, 0.2) is 12.7 Å². The maximum atomic E-state index is 12.1. The Kier molecular flexibility index (Phi) is 17.3. The monoisotopic (exact) mass is 488 g/mol. The van der Waals surface area contributed by atoms with Gasteiger partial charge >= 0.3 is 0 Å². The molecule has 1 unspecified atom stereocenters. The zero-order valence-corrected chi connectivity index (χ0v) is 23.4. The van der Waals surface area contributed by atoms with Crippen LogP contribution in [-0.4, -0.2) is 46.5 Å². The van der Waals surface area contributed by atoms with Crippen molar-refractivity contribution in [2.24, 2.45) is 5.92 Å². The number of unbranched alkanes of at least 4 members (excludes halogenated alkanes) is 3. The molecule has 3 rings (SSSR count). The first-order valence-electron chi connectivity index (χ1n) is 13.6. The molecule has 1 aliphatic carbocycles. The number of nitrogen functional groups attached to an aromatic ring is 1. The van der Waals surface area contributed by atoms with Crippen LogP contribution in [0.5, 0.6) is 0 Å². The molecule has 0 radical (unpaired) electrons. The summed E-state index contributed by atoms with van der Waals surface area (Å²) in [6.45, 7) is 20.0. The van der Waals surface area contributed by atoms with Gasteiger partial charge in [-0.1, -0.05) is 80.7 Å². The molecule has 0 saturated carbocycles. The smallest absolute Gasteiger partial charge is 0.246 e. The highest BCUT2D eigenvalue weighted by atomic mass is 16.2. The van der Waals surface area contributed by atoms with E-state index in [-0.39, 0.29) is 19.8 Å². The Bertz CT molecular complexity index is 791. The van der Waals surface area contributed by atoms with Crippen LogP contribution < -0.4 is 10.6 Å². The number of hydrogen-bond donors (Lipinski definition) is 1. The highest BCUT2D eigenvalue weighted by Crippen LogP contribution is 2.32. The number of carbonyl (C=O) groups is 1. The van der Waals surface area contributed by atoms with Gasteiger partial charge in [-0.15, -0.1) is 0 Å². The molecule has 0 spiro atoms. The third-order valence-corrected chi connectivity index (χ3v) is 6.04. The van der Waals surface area contributed by atoms with E-state index in [0.717, 1.165) is 30.8 Å². The van der Waals surface area contributed by atoms with Gasteiger partial charge in [-0.2, -0.15) is 10.2 Å². The van der Waals surface area contributed by atoms with Crippen LogP contribution in [-0.2, 0) is 17.6 Å². The molecule has 0 aromatic carbocycles. The number of aromatic nitrogens is 2. The van der Waals surface area contributed by atoms with Crippen molar-refractivity contribution in [3.05, 3.63) is 23.9 Å². The lowest BCUT2D eigenvalue weighted by molar-refractivity contribution is -0.128. The quantitative estimate of drug-likeness (QED) is 0.379. The number of nitrogens with zero attached hydrogens (tertiary/aromatic N) is 5. The summed E-state index contributed by atoms with van der Waals surface area (Å²) in [5.41, 5.74) is 8.16. The van der Waals surface area contributed by atoms with E-state index in [1.54, 1.807) is 4.90 Å². The van der Waals surface area contributed by atoms with E-state index in [9.17, 15) is 4.79 Å². The van der Waals surface area contributed by atoms with E-state index >= 15 is 0 Å². The van der Waals surface area contributed by atoms with E-state index in [0.29, 0.717) is 31.5 Å². The van der Waals surface area contributed by atoms with Crippen LogP contribution in [0.4, 0.5) is 11.8 Å². The normalized spacial score (nSPS) is 18.2. The topological polar surface area (TPSA) is 99.1 Å². The zero-order chi connectivity index (χ0) is 26.8. The number of anilines is 2. The Morgan fingerprint density at radius 3 is 2.37 bits per heavy atom. The maximum Gasteiger partial charge on any atom is 0.246 e. The van der Waals surface area contributed by atoms with Crippen molar-refractivity contribution < 1.29 is 6.22 Å². The summed E-state index contributed by atoms with van der Waals surface area (Å²) >= 11 is 0. The Morgan fingerprint density at radius 2 is 1.83 bits per heavy atom. The van der Waals surface area contributed by atoms with Gasteiger partial charge in [0.15, 0.2) is 0 Å². The Hall–Kier alpha value is -2.62. The van der Waals surface area contributed by atoms with E-state index in [1.165, 1.54) is 37.3 Å². The SMILES string of the molecule is C=CC(=O)N1CCN(c2nc(N)nc3c2CCC(C)C3)C[C@@H]1CC#N.CC.CC.CCCCCC.[HH]. The fraction of sp³-hybridized carbons (Fsp3) is 0.714. The molecule has 1 aromatic heterocycles. The van der Waals surface area contributed by atoms with Crippen LogP contribution in [0.3, 0.4) is 0 Å². The lowest BCUT2D eigenvalue weighted by atomic mass is 9.88. The summed E-state index contributed by atoms with van der Waals surface area (Å²) < 4.78 is 0. The summed E-state index contributed by atoms with van der Waals surface area (Å²) in [7, 11) is 0. The van der Waals surface area contributed by atoms with E-state index in [4.69, 9.17) is 11.0 Å².